The molecule has 0 saturated carbocycles. The van der Waals surface area contributed by atoms with Crippen LogP contribution in [0.25, 0.3) is 0 Å². The summed E-state index contributed by atoms with van der Waals surface area (Å²) in [5.74, 6) is 1.34. The molecule has 3 aromatic carbocycles. The molecule has 0 unspecified atom stereocenters. The highest BCUT2D eigenvalue weighted by Gasteiger charge is 2.04. The zero-order chi connectivity index (χ0) is 32.0. The molecule has 3 aromatic rings. The number of hydrogen-bond acceptors (Lipinski definition) is 10. The summed E-state index contributed by atoms with van der Waals surface area (Å²) in [6.45, 7) is 9.14. The first-order valence-electron chi connectivity index (χ1n) is 16.0. The lowest BCUT2D eigenvalue weighted by Crippen LogP contribution is -2.14. The van der Waals surface area contributed by atoms with Crippen molar-refractivity contribution in [3.63, 3.8) is 0 Å². The first-order chi connectivity index (χ1) is 22.9. The van der Waals surface area contributed by atoms with Crippen molar-refractivity contribution in [1.29, 1.82) is 0 Å². The summed E-state index contributed by atoms with van der Waals surface area (Å²) in [6, 6.07) is 27.7. The molecule has 254 valence electrons. The summed E-state index contributed by atoms with van der Waals surface area (Å²) in [5, 5.41) is 0. The van der Waals surface area contributed by atoms with Gasteiger partial charge < -0.3 is 47.4 Å². The Morgan fingerprint density at radius 2 is 0.522 bits per heavy atom. The minimum Gasteiger partial charge on any atom is -0.487 e. The Hall–Kier alpha value is -3.06. The third-order valence-corrected chi connectivity index (χ3v) is 6.27. The van der Waals surface area contributed by atoms with Crippen LogP contribution in [0.15, 0.2) is 84.9 Å². The van der Waals surface area contributed by atoms with Crippen molar-refractivity contribution in [3.8, 4) is 11.5 Å². The Morgan fingerprint density at radius 3 is 0.848 bits per heavy atom. The molecule has 0 N–H and O–H groups in total. The smallest absolute Gasteiger partial charge is 0.161 e. The minimum absolute atomic E-state index is 0.407. The van der Waals surface area contributed by atoms with Crippen LogP contribution in [-0.4, -0.2) is 106 Å². The number of ether oxygens (including phenoxy) is 10. The average Bonchev–Trinajstić information content (AvgIpc) is 3.10. The van der Waals surface area contributed by atoms with Gasteiger partial charge in [-0.2, -0.15) is 0 Å². The molecule has 10 nitrogen and oxygen atoms in total. The molecule has 46 heavy (non-hydrogen) atoms. The lowest BCUT2D eigenvalue weighted by Gasteiger charge is -2.13. The van der Waals surface area contributed by atoms with Gasteiger partial charge in [0.25, 0.3) is 0 Å². The number of para-hydroxylation sites is 2. The standard InChI is InChI=1S/C36H50O10/c1-3-9-33(10-4-1)31-43-25-23-39-17-15-37-19-21-41-27-29-45-35-13-7-8-14-36(35)46-30-28-42-22-20-38-16-18-40-24-26-44-32-34-11-5-2-6-12-34/h1-14H,15-32H2. The van der Waals surface area contributed by atoms with Crippen molar-refractivity contribution >= 4 is 0 Å². The Balaban J connectivity index is 1.04. The zero-order valence-electron chi connectivity index (χ0n) is 26.9. The largest absolute Gasteiger partial charge is 0.487 e. The molecule has 3 rings (SSSR count). The van der Waals surface area contributed by atoms with E-state index in [1.807, 2.05) is 84.9 Å². The number of rotatable bonds is 30. The van der Waals surface area contributed by atoms with Gasteiger partial charge in [-0.25, -0.2) is 0 Å². The van der Waals surface area contributed by atoms with Crippen LogP contribution < -0.4 is 9.47 Å². The van der Waals surface area contributed by atoms with Gasteiger partial charge in [0.15, 0.2) is 11.5 Å². The average molecular weight is 643 g/mol. The summed E-state index contributed by atoms with van der Waals surface area (Å²) in [6.07, 6.45) is 0. The molecule has 10 heteroatoms. The van der Waals surface area contributed by atoms with Crippen LogP contribution in [-0.2, 0) is 51.1 Å². The summed E-state index contributed by atoms with van der Waals surface area (Å²) >= 11 is 0. The molecule has 0 bridgehead atoms. The second-order valence-electron chi connectivity index (χ2n) is 9.89. The lowest BCUT2D eigenvalue weighted by molar-refractivity contribution is -0.00735. The Kier molecular flexibility index (Phi) is 22.0. The highest BCUT2D eigenvalue weighted by atomic mass is 16.6. The van der Waals surface area contributed by atoms with E-state index in [0.29, 0.717) is 130 Å². The van der Waals surface area contributed by atoms with Gasteiger partial charge in [-0.15, -0.1) is 0 Å². The molecule has 0 aliphatic carbocycles. The molecule has 0 saturated heterocycles. The number of hydrogen-bond donors (Lipinski definition) is 0. The molecule has 0 spiro atoms. The maximum Gasteiger partial charge on any atom is 0.161 e. The van der Waals surface area contributed by atoms with Gasteiger partial charge in [0, 0.05) is 0 Å². The highest BCUT2D eigenvalue weighted by molar-refractivity contribution is 5.39. The van der Waals surface area contributed by atoms with Crippen LogP contribution in [0.3, 0.4) is 0 Å². The molecular weight excluding hydrogens is 592 g/mol. The van der Waals surface area contributed by atoms with E-state index in [9.17, 15) is 0 Å². The molecule has 0 fully saturated rings. The van der Waals surface area contributed by atoms with E-state index in [2.05, 4.69) is 0 Å². The Labute approximate surface area is 273 Å². The van der Waals surface area contributed by atoms with E-state index in [-0.39, 0.29) is 0 Å². The van der Waals surface area contributed by atoms with Crippen LogP contribution in [0.2, 0.25) is 0 Å². The van der Waals surface area contributed by atoms with Gasteiger partial charge in [0.1, 0.15) is 13.2 Å². The predicted molar refractivity (Wildman–Crippen MR) is 175 cm³/mol. The zero-order valence-corrected chi connectivity index (χ0v) is 26.9. The van der Waals surface area contributed by atoms with E-state index >= 15 is 0 Å². The van der Waals surface area contributed by atoms with Gasteiger partial charge in [-0.05, 0) is 23.3 Å². The van der Waals surface area contributed by atoms with Gasteiger partial charge in [0.05, 0.1) is 106 Å². The van der Waals surface area contributed by atoms with Gasteiger partial charge >= 0.3 is 0 Å². The topological polar surface area (TPSA) is 92.3 Å². The normalized spacial score (nSPS) is 11.1. The molecule has 0 atom stereocenters. The second-order valence-corrected chi connectivity index (χ2v) is 9.89. The monoisotopic (exact) mass is 642 g/mol. The van der Waals surface area contributed by atoms with Crippen molar-refractivity contribution in [2.24, 2.45) is 0 Å². The van der Waals surface area contributed by atoms with E-state index in [1.54, 1.807) is 0 Å². The summed E-state index contributed by atoms with van der Waals surface area (Å²) in [7, 11) is 0. The molecule has 0 radical (unpaired) electrons. The SMILES string of the molecule is c1ccc(COCCOCCOCCOCCOc2ccccc2OCCOCCOCCOCCOCc2ccccc2)cc1. The van der Waals surface area contributed by atoms with Crippen molar-refractivity contribution in [1.82, 2.24) is 0 Å². The van der Waals surface area contributed by atoms with E-state index < -0.39 is 0 Å². The lowest BCUT2D eigenvalue weighted by atomic mass is 10.2. The van der Waals surface area contributed by atoms with Crippen molar-refractivity contribution in [2.75, 3.05) is 106 Å². The van der Waals surface area contributed by atoms with Crippen molar-refractivity contribution in [3.05, 3.63) is 96.1 Å². The van der Waals surface area contributed by atoms with Gasteiger partial charge in [0.2, 0.25) is 0 Å². The Morgan fingerprint density at radius 1 is 0.261 bits per heavy atom. The van der Waals surface area contributed by atoms with Gasteiger partial charge in [-0.3, -0.25) is 0 Å². The molecular formula is C36H50O10. The first-order valence-corrected chi connectivity index (χ1v) is 16.0. The third kappa shape index (κ3) is 19.5. The van der Waals surface area contributed by atoms with Crippen LogP contribution in [0.5, 0.6) is 11.5 Å². The highest BCUT2D eigenvalue weighted by Crippen LogP contribution is 2.26. The summed E-state index contributed by atoms with van der Waals surface area (Å²) in [4.78, 5) is 0. The van der Waals surface area contributed by atoms with E-state index in [0.717, 1.165) is 11.1 Å². The van der Waals surface area contributed by atoms with Crippen LogP contribution in [0.4, 0.5) is 0 Å². The van der Waals surface area contributed by atoms with E-state index in [1.165, 1.54) is 0 Å². The fourth-order valence-corrected chi connectivity index (χ4v) is 3.96. The Bertz CT molecular complexity index is 1000. The van der Waals surface area contributed by atoms with Crippen LogP contribution >= 0.6 is 0 Å². The predicted octanol–water partition coefficient (Wildman–Crippen LogP) is 4.98. The maximum atomic E-state index is 5.84. The van der Waals surface area contributed by atoms with Gasteiger partial charge in [-0.1, -0.05) is 72.8 Å². The van der Waals surface area contributed by atoms with E-state index in [4.69, 9.17) is 47.4 Å². The third-order valence-electron chi connectivity index (χ3n) is 6.27. The minimum atomic E-state index is 0.407. The molecule has 0 aliphatic rings. The molecule has 0 aromatic heterocycles. The first kappa shape index (κ1) is 37.4. The van der Waals surface area contributed by atoms with Crippen molar-refractivity contribution in [2.45, 2.75) is 13.2 Å². The second kappa shape index (κ2) is 27.1. The quantitative estimate of drug-likeness (QED) is 0.0928. The summed E-state index contributed by atoms with van der Waals surface area (Å²) in [5.41, 5.74) is 2.31. The van der Waals surface area contributed by atoms with Crippen molar-refractivity contribution < 1.29 is 47.4 Å². The fourth-order valence-electron chi connectivity index (χ4n) is 3.96. The number of benzene rings is 3. The molecule has 0 amide bonds. The molecule has 0 aliphatic heterocycles. The maximum absolute atomic E-state index is 5.84. The molecule has 0 heterocycles. The summed E-state index contributed by atoms with van der Waals surface area (Å²) < 4.78 is 56.2. The van der Waals surface area contributed by atoms with Crippen LogP contribution in [0.1, 0.15) is 11.1 Å². The fraction of sp³-hybridized carbons (Fsp3) is 0.500. The van der Waals surface area contributed by atoms with Crippen LogP contribution in [0, 0.1) is 0 Å².